The number of methoxy groups -OCH3 is 1. The highest BCUT2D eigenvalue weighted by Gasteiger charge is 2.22. The third kappa shape index (κ3) is 3.54. The summed E-state index contributed by atoms with van der Waals surface area (Å²) in [6.07, 6.45) is 2.36. The van der Waals surface area contributed by atoms with Crippen LogP contribution in [0.5, 0.6) is 11.5 Å². The van der Waals surface area contributed by atoms with Gasteiger partial charge in [-0.2, -0.15) is 0 Å². The average Bonchev–Trinajstić information content (AvgIpc) is 2.70. The van der Waals surface area contributed by atoms with Crippen molar-refractivity contribution in [3.05, 3.63) is 69.8 Å². The van der Waals surface area contributed by atoms with Crippen molar-refractivity contribution in [1.82, 2.24) is 19.9 Å². The summed E-state index contributed by atoms with van der Waals surface area (Å²) in [5, 5.41) is 10.2. The van der Waals surface area contributed by atoms with E-state index >= 15 is 0 Å². The predicted molar refractivity (Wildman–Crippen MR) is 101 cm³/mol. The largest absolute Gasteiger partial charge is 0.507 e. The Kier molecular flexibility index (Phi) is 4.60. The van der Waals surface area contributed by atoms with E-state index in [4.69, 9.17) is 4.74 Å². The molecule has 4 rings (SSSR count). The number of fused-ring (bicyclic) bond motifs is 1. The first-order valence-electron chi connectivity index (χ1n) is 8.76. The first kappa shape index (κ1) is 17.2. The van der Waals surface area contributed by atoms with E-state index < -0.39 is 0 Å². The van der Waals surface area contributed by atoms with E-state index in [0.29, 0.717) is 42.3 Å². The van der Waals surface area contributed by atoms with Crippen molar-refractivity contribution in [2.45, 2.75) is 19.5 Å². The molecular weight excluding hydrogens is 344 g/mol. The van der Waals surface area contributed by atoms with Gasteiger partial charge < -0.3 is 14.8 Å². The van der Waals surface area contributed by atoms with Gasteiger partial charge in [0, 0.05) is 43.9 Å². The molecule has 138 valence electrons. The van der Waals surface area contributed by atoms with Crippen LogP contribution in [-0.4, -0.2) is 38.6 Å². The molecule has 0 aliphatic carbocycles. The molecule has 0 fully saturated rings. The average molecular weight is 364 g/mol. The van der Waals surface area contributed by atoms with E-state index in [1.165, 1.54) is 0 Å². The third-order valence-electron chi connectivity index (χ3n) is 4.74. The number of nitrogens with zero attached hydrogens (tertiary/aromatic N) is 3. The van der Waals surface area contributed by atoms with E-state index in [0.717, 1.165) is 17.8 Å². The molecule has 1 aromatic carbocycles. The van der Waals surface area contributed by atoms with Gasteiger partial charge in [0.25, 0.3) is 5.56 Å². The maximum Gasteiger partial charge on any atom is 0.255 e. The van der Waals surface area contributed by atoms with Crippen molar-refractivity contribution in [2.75, 3.05) is 13.7 Å². The van der Waals surface area contributed by atoms with Crippen LogP contribution in [0.25, 0.3) is 11.5 Å². The maximum atomic E-state index is 12.6. The lowest BCUT2D eigenvalue weighted by molar-refractivity contribution is 0.238. The monoisotopic (exact) mass is 364 g/mol. The third-order valence-corrected chi connectivity index (χ3v) is 4.74. The van der Waals surface area contributed by atoms with Gasteiger partial charge in [-0.05, 0) is 18.2 Å². The molecule has 0 radical (unpaired) electrons. The molecule has 0 unspecified atom stereocenters. The molecule has 7 heteroatoms. The topological polar surface area (TPSA) is 91.3 Å². The normalized spacial score (nSPS) is 14.0. The van der Waals surface area contributed by atoms with Crippen LogP contribution in [0.3, 0.4) is 0 Å². The first-order valence-corrected chi connectivity index (χ1v) is 8.76. The van der Waals surface area contributed by atoms with Gasteiger partial charge >= 0.3 is 0 Å². The lowest BCUT2D eigenvalue weighted by Crippen LogP contribution is -2.35. The summed E-state index contributed by atoms with van der Waals surface area (Å²) >= 11 is 0. The number of phenolic OH excluding ortho intramolecular Hbond substituents is 1. The van der Waals surface area contributed by atoms with Crippen molar-refractivity contribution in [2.24, 2.45) is 0 Å². The number of benzene rings is 1. The van der Waals surface area contributed by atoms with E-state index in [1.54, 1.807) is 19.4 Å². The van der Waals surface area contributed by atoms with Gasteiger partial charge in [-0.1, -0.05) is 12.1 Å². The molecule has 2 aromatic heterocycles. The second-order valence-corrected chi connectivity index (χ2v) is 6.51. The number of phenols is 1. The van der Waals surface area contributed by atoms with Crippen molar-refractivity contribution >= 4 is 0 Å². The second-order valence-electron chi connectivity index (χ2n) is 6.51. The second kappa shape index (κ2) is 7.20. The number of H-pyrrole nitrogens is 1. The summed E-state index contributed by atoms with van der Waals surface area (Å²) in [6, 6.07) is 10.8. The molecule has 0 saturated heterocycles. The lowest BCUT2D eigenvalue weighted by atomic mass is 10.1. The molecule has 3 heterocycles. The lowest BCUT2D eigenvalue weighted by Gasteiger charge is -2.28. The Labute approximate surface area is 156 Å². The van der Waals surface area contributed by atoms with Crippen LogP contribution >= 0.6 is 0 Å². The number of aromatic nitrogens is 3. The van der Waals surface area contributed by atoms with Crippen LogP contribution in [0.2, 0.25) is 0 Å². The first-order chi connectivity index (χ1) is 13.1. The summed E-state index contributed by atoms with van der Waals surface area (Å²) < 4.78 is 5.12. The summed E-state index contributed by atoms with van der Waals surface area (Å²) in [5.74, 6) is 1.31. The minimum atomic E-state index is -0.135. The van der Waals surface area contributed by atoms with Crippen molar-refractivity contribution in [3.8, 4) is 23.0 Å². The van der Waals surface area contributed by atoms with Crippen LogP contribution in [0.4, 0.5) is 0 Å². The molecule has 0 amide bonds. The molecule has 7 nitrogen and oxygen atoms in total. The number of nitrogens with one attached hydrogen (secondary N) is 1. The fourth-order valence-corrected chi connectivity index (χ4v) is 3.29. The molecule has 1 aliphatic rings. The summed E-state index contributed by atoms with van der Waals surface area (Å²) in [4.78, 5) is 26.4. The number of aromatic amines is 1. The number of aromatic hydroxyl groups is 1. The molecule has 2 N–H and O–H groups in total. The van der Waals surface area contributed by atoms with Crippen LogP contribution < -0.4 is 10.3 Å². The Morgan fingerprint density at radius 1 is 1.30 bits per heavy atom. The quantitative estimate of drug-likeness (QED) is 0.737. The van der Waals surface area contributed by atoms with Crippen molar-refractivity contribution < 1.29 is 9.84 Å². The van der Waals surface area contributed by atoms with Gasteiger partial charge in [0.2, 0.25) is 0 Å². The van der Waals surface area contributed by atoms with Crippen LogP contribution in [0.1, 0.15) is 16.8 Å². The van der Waals surface area contributed by atoms with Crippen LogP contribution in [0, 0.1) is 0 Å². The Morgan fingerprint density at radius 3 is 2.93 bits per heavy atom. The fourth-order valence-electron chi connectivity index (χ4n) is 3.29. The zero-order valence-electron chi connectivity index (χ0n) is 15.0. The zero-order chi connectivity index (χ0) is 18.8. The van der Waals surface area contributed by atoms with Crippen LogP contribution in [-0.2, 0) is 19.5 Å². The van der Waals surface area contributed by atoms with Gasteiger partial charge in [0.05, 0.1) is 18.4 Å². The van der Waals surface area contributed by atoms with E-state index in [-0.39, 0.29) is 11.3 Å². The smallest absolute Gasteiger partial charge is 0.255 e. The minimum absolute atomic E-state index is 0.135. The highest BCUT2D eigenvalue weighted by molar-refractivity contribution is 5.49. The number of hydrogen-bond acceptors (Lipinski definition) is 6. The Balaban J connectivity index is 1.56. The van der Waals surface area contributed by atoms with E-state index in [1.807, 2.05) is 30.3 Å². The van der Waals surface area contributed by atoms with E-state index in [2.05, 4.69) is 19.9 Å². The summed E-state index contributed by atoms with van der Waals surface area (Å²) in [7, 11) is 1.56. The van der Waals surface area contributed by atoms with Crippen LogP contribution in [0.15, 0.2) is 47.4 Å². The number of ether oxygens (including phenoxy) is 1. The highest BCUT2D eigenvalue weighted by Crippen LogP contribution is 2.26. The van der Waals surface area contributed by atoms with Crippen molar-refractivity contribution in [1.29, 1.82) is 0 Å². The molecule has 0 spiro atoms. The highest BCUT2D eigenvalue weighted by atomic mass is 16.5. The summed E-state index contributed by atoms with van der Waals surface area (Å²) in [5.41, 5.74) is 2.81. The fraction of sp³-hybridized carbons (Fsp3) is 0.250. The van der Waals surface area contributed by atoms with Gasteiger partial charge in [0.1, 0.15) is 17.2 Å². The number of rotatable bonds is 4. The Bertz CT molecular complexity index is 1020. The minimum Gasteiger partial charge on any atom is -0.507 e. The predicted octanol–water partition coefficient (Wildman–Crippen LogP) is 2.10. The number of hydrogen-bond donors (Lipinski definition) is 2. The van der Waals surface area contributed by atoms with Gasteiger partial charge in [0.15, 0.2) is 5.82 Å². The summed E-state index contributed by atoms with van der Waals surface area (Å²) in [6.45, 7) is 1.80. The molecule has 0 atom stereocenters. The Hall–Kier alpha value is -3.19. The molecule has 0 bridgehead atoms. The SMILES string of the molecule is COc1ccc(CN2CCc3nc(-c4ccccn4)[nH]c(=O)c3C2)c(O)c1. The van der Waals surface area contributed by atoms with Gasteiger partial charge in [-0.25, -0.2) is 4.98 Å². The van der Waals surface area contributed by atoms with E-state index in [9.17, 15) is 9.90 Å². The number of pyridine rings is 1. The Morgan fingerprint density at radius 2 is 2.19 bits per heavy atom. The maximum absolute atomic E-state index is 12.6. The molecule has 1 aliphatic heterocycles. The van der Waals surface area contributed by atoms with Crippen molar-refractivity contribution in [3.63, 3.8) is 0 Å². The zero-order valence-corrected chi connectivity index (χ0v) is 15.0. The molecule has 27 heavy (non-hydrogen) atoms. The van der Waals surface area contributed by atoms with Gasteiger partial charge in [-0.15, -0.1) is 0 Å². The standard InChI is InChI=1S/C20H20N4O3/c1-27-14-6-5-13(18(25)10-14)11-24-9-7-16-15(12-24)20(26)23-19(22-16)17-4-2-3-8-21-17/h2-6,8,10,25H,7,9,11-12H2,1H3,(H,22,23,26). The molecular formula is C20H20N4O3. The molecule has 0 saturated carbocycles. The molecule has 3 aromatic rings. The van der Waals surface area contributed by atoms with Gasteiger partial charge in [-0.3, -0.25) is 14.7 Å².